The number of hydrogen-bond donors (Lipinski definition) is 8. The molecule has 4 aromatic rings. The van der Waals surface area contributed by atoms with Crippen molar-refractivity contribution in [1.29, 1.82) is 0 Å². The van der Waals surface area contributed by atoms with Crippen LogP contribution in [0.1, 0.15) is 64.2 Å². The highest BCUT2D eigenvalue weighted by atomic mass is 32.2. The summed E-state index contributed by atoms with van der Waals surface area (Å²) >= 11 is 0. The van der Waals surface area contributed by atoms with Crippen LogP contribution >= 0.6 is 0 Å². The van der Waals surface area contributed by atoms with Crippen molar-refractivity contribution in [1.82, 2.24) is 0 Å². The number of carbonyl (C=O) groups is 2. The Bertz CT molecular complexity index is 2380. The summed E-state index contributed by atoms with van der Waals surface area (Å²) in [5.41, 5.74) is -0.406. The number of unbranched alkanes of at least 4 members (excludes halogenated alkanes) is 7. The Morgan fingerprint density at radius 3 is 0.963 bits per heavy atom. The van der Waals surface area contributed by atoms with Gasteiger partial charge in [0.25, 0.3) is 40.5 Å². The van der Waals surface area contributed by atoms with Crippen molar-refractivity contribution in [3.8, 4) is 11.5 Å². The highest BCUT2D eigenvalue weighted by Gasteiger charge is 2.22. The van der Waals surface area contributed by atoms with Crippen LogP contribution in [0.2, 0.25) is 0 Å². The number of phenols is 2. The maximum Gasteiger partial charge on any atom is 0.294 e. The summed E-state index contributed by atoms with van der Waals surface area (Å²) in [5.74, 6) is -2.43. The van der Waals surface area contributed by atoms with Gasteiger partial charge < -0.3 is 20.8 Å². The number of rotatable bonds is 17. The fourth-order valence-corrected chi connectivity index (χ4v) is 7.89. The predicted octanol–water partition coefficient (Wildman–Crippen LogP) is 4.87. The molecule has 0 aliphatic rings. The Labute approximate surface area is 310 Å². The van der Waals surface area contributed by atoms with Gasteiger partial charge in [-0.2, -0.15) is 33.7 Å². The number of benzene rings is 4. The fraction of sp³-hybridized carbons (Fsp3) is 0.312. The van der Waals surface area contributed by atoms with Crippen molar-refractivity contribution in [3.63, 3.8) is 0 Å². The van der Waals surface area contributed by atoms with Crippen LogP contribution in [0.5, 0.6) is 11.5 Å². The zero-order valence-electron chi connectivity index (χ0n) is 28.1. The number of fused-ring (bicyclic) bond motifs is 2. The Morgan fingerprint density at radius 1 is 0.426 bits per heavy atom. The summed E-state index contributed by atoms with van der Waals surface area (Å²) in [5, 5.41) is 25.2. The molecule has 18 nitrogen and oxygen atoms in total. The molecule has 2 amide bonds. The number of phenolic OH excluding ortho intramolecular Hbond substituents is 2. The van der Waals surface area contributed by atoms with Crippen LogP contribution in [0.3, 0.4) is 0 Å². The van der Waals surface area contributed by atoms with Crippen LogP contribution in [0.15, 0.2) is 68.1 Å². The standard InChI is InChI=1S/C32H36N2O16S4/c35-27-17-23(53(45,46)47)13-19-11-21(51(39,40)41)15-25(31(19)27)33-29(37)9-7-5-3-1-2-4-6-8-10-30(38)34-26-16-22(52(42,43)44)12-20-14-24(54(48,49)50)18-28(36)32(20)26/h11-18,35-36H,1-10H2,(H,33,37)(H,34,38)(H,39,40,41)(H,42,43,44)(H,45,46,47)(H,48,49,50). The summed E-state index contributed by atoms with van der Waals surface area (Å²) in [4.78, 5) is 22.5. The molecule has 22 heteroatoms. The molecule has 0 saturated carbocycles. The second-order valence-electron chi connectivity index (χ2n) is 12.3. The smallest absolute Gasteiger partial charge is 0.294 e. The zero-order valence-corrected chi connectivity index (χ0v) is 31.4. The van der Waals surface area contributed by atoms with Gasteiger partial charge in [0.1, 0.15) is 11.5 Å². The van der Waals surface area contributed by atoms with Crippen LogP contribution in [0.4, 0.5) is 11.4 Å². The zero-order chi connectivity index (χ0) is 40.2. The average molecular weight is 833 g/mol. The Balaban J connectivity index is 1.23. The molecule has 0 unspecified atom stereocenters. The Morgan fingerprint density at radius 2 is 0.685 bits per heavy atom. The summed E-state index contributed by atoms with van der Waals surface area (Å²) in [6.45, 7) is 0. The van der Waals surface area contributed by atoms with Gasteiger partial charge >= 0.3 is 0 Å². The topological polar surface area (TPSA) is 316 Å². The van der Waals surface area contributed by atoms with Gasteiger partial charge in [-0.3, -0.25) is 27.8 Å². The summed E-state index contributed by atoms with van der Waals surface area (Å²) in [6, 6.07) is 6.77. The van der Waals surface area contributed by atoms with Crippen LogP contribution in [0.25, 0.3) is 21.5 Å². The SMILES string of the molecule is O=C(CCCCCCCCCCC(=O)Nc1cc(S(=O)(=O)O)cc2cc(S(=O)(=O)O)cc(O)c12)Nc1cc(S(=O)(=O)O)cc2cc(S(=O)(=O)O)cc(O)c12. The van der Waals surface area contributed by atoms with E-state index in [0.717, 1.165) is 74.2 Å². The van der Waals surface area contributed by atoms with E-state index in [1.54, 1.807) is 0 Å². The molecule has 0 atom stereocenters. The largest absolute Gasteiger partial charge is 0.507 e. The lowest BCUT2D eigenvalue weighted by Crippen LogP contribution is -2.12. The van der Waals surface area contributed by atoms with Gasteiger partial charge in [0, 0.05) is 35.7 Å². The molecule has 4 aromatic carbocycles. The number of aromatic hydroxyl groups is 2. The van der Waals surface area contributed by atoms with Crippen molar-refractivity contribution in [2.75, 3.05) is 10.6 Å². The number of hydrogen-bond acceptors (Lipinski definition) is 12. The van der Waals surface area contributed by atoms with E-state index in [2.05, 4.69) is 10.6 Å². The van der Waals surface area contributed by atoms with Gasteiger partial charge in [0.2, 0.25) is 11.8 Å². The maximum absolute atomic E-state index is 12.7. The Hall–Kier alpha value is -4.42. The second-order valence-corrected chi connectivity index (χ2v) is 18.0. The van der Waals surface area contributed by atoms with Crippen LogP contribution in [-0.2, 0) is 50.1 Å². The molecule has 8 N–H and O–H groups in total. The minimum atomic E-state index is -4.81. The van der Waals surface area contributed by atoms with Crippen LogP contribution in [0, 0.1) is 0 Å². The first-order chi connectivity index (χ1) is 24.9. The lowest BCUT2D eigenvalue weighted by Gasteiger charge is -2.13. The molecular weight excluding hydrogens is 797 g/mol. The quantitative estimate of drug-likeness (QED) is 0.0520. The summed E-state index contributed by atoms with van der Waals surface area (Å²) < 4.78 is 131. The van der Waals surface area contributed by atoms with Gasteiger partial charge in [-0.15, -0.1) is 0 Å². The van der Waals surface area contributed by atoms with E-state index < -0.39 is 83.4 Å². The van der Waals surface area contributed by atoms with E-state index in [0.29, 0.717) is 25.7 Å². The second kappa shape index (κ2) is 16.5. The predicted molar refractivity (Wildman–Crippen MR) is 194 cm³/mol. The lowest BCUT2D eigenvalue weighted by molar-refractivity contribution is -0.117. The molecule has 0 fully saturated rings. The molecule has 0 saturated heterocycles. The molecule has 0 heterocycles. The first-order valence-corrected chi connectivity index (χ1v) is 21.8. The lowest BCUT2D eigenvalue weighted by atomic mass is 10.1. The molecule has 294 valence electrons. The van der Waals surface area contributed by atoms with E-state index in [9.17, 15) is 71.7 Å². The molecule has 0 radical (unpaired) electrons. The molecule has 0 aliphatic heterocycles. The van der Waals surface area contributed by atoms with E-state index in [1.807, 2.05) is 0 Å². The van der Waals surface area contributed by atoms with Crippen molar-refractivity contribution < 1.29 is 71.7 Å². The first-order valence-electron chi connectivity index (χ1n) is 16.1. The molecular formula is C32H36N2O16S4. The van der Waals surface area contributed by atoms with Crippen LogP contribution < -0.4 is 10.6 Å². The van der Waals surface area contributed by atoms with Gasteiger partial charge in [-0.25, -0.2) is 0 Å². The van der Waals surface area contributed by atoms with Crippen molar-refractivity contribution >= 4 is 85.2 Å². The van der Waals surface area contributed by atoms with E-state index in [4.69, 9.17) is 0 Å². The third-order valence-corrected chi connectivity index (χ3v) is 11.6. The Kier molecular flexibility index (Phi) is 13.0. The number of amides is 2. The maximum atomic E-state index is 12.7. The number of carbonyl (C=O) groups excluding carboxylic acids is 2. The third kappa shape index (κ3) is 11.1. The normalized spacial score (nSPS) is 12.6. The monoisotopic (exact) mass is 832 g/mol. The highest BCUT2D eigenvalue weighted by molar-refractivity contribution is 7.86. The molecule has 0 spiro atoms. The minimum Gasteiger partial charge on any atom is -0.507 e. The fourth-order valence-electron chi connectivity index (χ4n) is 5.73. The summed E-state index contributed by atoms with van der Waals surface area (Å²) in [7, 11) is -19.2. The molecule has 54 heavy (non-hydrogen) atoms. The molecule has 0 aromatic heterocycles. The van der Waals surface area contributed by atoms with Crippen LogP contribution in [-0.4, -0.2) is 73.9 Å². The molecule has 4 rings (SSSR count). The third-order valence-electron chi connectivity index (χ3n) is 8.25. The first kappa shape index (κ1) is 42.3. The van der Waals surface area contributed by atoms with Gasteiger partial charge in [-0.05, 0) is 60.0 Å². The molecule has 0 bridgehead atoms. The summed E-state index contributed by atoms with van der Waals surface area (Å²) in [6.07, 6.45) is 5.34. The van der Waals surface area contributed by atoms with Crippen molar-refractivity contribution in [3.05, 3.63) is 48.5 Å². The highest BCUT2D eigenvalue weighted by Crippen LogP contribution is 2.38. The number of anilines is 2. The van der Waals surface area contributed by atoms with E-state index in [-0.39, 0.29) is 45.8 Å². The minimum absolute atomic E-state index is 0.0124. The number of nitrogens with one attached hydrogen (secondary N) is 2. The van der Waals surface area contributed by atoms with E-state index in [1.165, 1.54) is 0 Å². The van der Waals surface area contributed by atoms with Gasteiger partial charge in [-0.1, -0.05) is 38.5 Å². The van der Waals surface area contributed by atoms with Crippen molar-refractivity contribution in [2.45, 2.75) is 83.8 Å². The average Bonchev–Trinajstić information content (AvgIpc) is 3.03. The van der Waals surface area contributed by atoms with Gasteiger partial charge in [0.05, 0.1) is 31.0 Å². The molecule has 0 aliphatic carbocycles. The van der Waals surface area contributed by atoms with Crippen molar-refractivity contribution in [2.24, 2.45) is 0 Å². The van der Waals surface area contributed by atoms with E-state index >= 15 is 0 Å². The van der Waals surface area contributed by atoms with Gasteiger partial charge in [0.15, 0.2) is 0 Å².